The molecule has 1 saturated heterocycles. The van der Waals surface area contributed by atoms with Crippen LogP contribution < -0.4 is 5.32 Å². The predicted octanol–water partition coefficient (Wildman–Crippen LogP) is 3.92. The largest absolute Gasteiger partial charge is 0.317 e. The highest BCUT2D eigenvalue weighted by molar-refractivity contribution is 9.10. The predicted molar refractivity (Wildman–Crippen MR) is 90.4 cm³/mol. The van der Waals surface area contributed by atoms with Crippen molar-refractivity contribution in [3.05, 3.63) is 28.2 Å². The van der Waals surface area contributed by atoms with Crippen molar-refractivity contribution in [3.8, 4) is 0 Å². The summed E-state index contributed by atoms with van der Waals surface area (Å²) in [6, 6.07) is 7.36. The van der Waals surface area contributed by atoms with Crippen molar-refractivity contribution in [2.24, 2.45) is 5.92 Å². The van der Waals surface area contributed by atoms with Gasteiger partial charge in [0.05, 0.1) is 0 Å². The average molecular weight is 355 g/mol. The summed E-state index contributed by atoms with van der Waals surface area (Å²) in [6.45, 7) is 3.63. The maximum absolute atomic E-state index is 3.63. The Balaban J connectivity index is 1.72. The Hall–Kier alpha value is -0.0300. The van der Waals surface area contributed by atoms with Crippen LogP contribution in [0.3, 0.4) is 0 Å². The van der Waals surface area contributed by atoms with E-state index in [4.69, 9.17) is 0 Å². The van der Waals surface area contributed by atoms with E-state index in [1.807, 2.05) is 11.8 Å². The van der Waals surface area contributed by atoms with Crippen LogP contribution in [0.4, 0.5) is 0 Å². The van der Waals surface area contributed by atoms with Crippen molar-refractivity contribution in [3.63, 3.8) is 0 Å². The standard InChI is InChI=1S/C16H23BrN2S/c1-19(11-12-4-7-18-8-5-12)15-6-9-20-16-3-2-13(17)10-14(15)16/h2-3,10,12,15,18H,4-9,11H2,1H3. The van der Waals surface area contributed by atoms with Gasteiger partial charge in [0.1, 0.15) is 0 Å². The highest BCUT2D eigenvalue weighted by Gasteiger charge is 2.26. The van der Waals surface area contributed by atoms with Crippen LogP contribution in [0.25, 0.3) is 0 Å². The number of hydrogen-bond donors (Lipinski definition) is 1. The van der Waals surface area contributed by atoms with Crippen LogP contribution in [0.5, 0.6) is 0 Å². The highest BCUT2D eigenvalue weighted by atomic mass is 79.9. The third-order valence-electron chi connectivity index (χ3n) is 4.52. The van der Waals surface area contributed by atoms with Crippen molar-refractivity contribution >= 4 is 27.7 Å². The summed E-state index contributed by atoms with van der Waals surface area (Å²) in [5, 5.41) is 3.46. The van der Waals surface area contributed by atoms with Gasteiger partial charge in [0.2, 0.25) is 0 Å². The molecule has 2 aliphatic rings. The Labute approximate surface area is 134 Å². The van der Waals surface area contributed by atoms with E-state index in [1.54, 1.807) is 0 Å². The summed E-state index contributed by atoms with van der Waals surface area (Å²) in [6.07, 6.45) is 3.93. The Morgan fingerprint density at radius 1 is 1.30 bits per heavy atom. The number of nitrogens with one attached hydrogen (secondary N) is 1. The van der Waals surface area contributed by atoms with Crippen LogP contribution in [0.2, 0.25) is 0 Å². The number of halogens is 1. The zero-order valence-electron chi connectivity index (χ0n) is 12.1. The number of hydrogen-bond acceptors (Lipinski definition) is 3. The summed E-state index contributed by atoms with van der Waals surface area (Å²) in [7, 11) is 2.31. The second-order valence-corrected chi connectivity index (χ2v) is 8.02. The summed E-state index contributed by atoms with van der Waals surface area (Å²) < 4.78 is 1.21. The molecule has 2 heterocycles. The van der Waals surface area contributed by atoms with Gasteiger partial charge in [0.25, 0.3) is 0 Å². The van der Waals surface area contributed by atoms with Crippen LogP contribution in [0.1, 0.15) is 30.9 Å². The molecule has 0 aliphatic carbocycles. The van der Waals surface area contributed by atoms with Crippen LogP contribution in [-0.4, -0.2) is 37.3 Å². The average Bonchev–Trinajstić information content (AvgIpc) is 2.47. The minimum atomic E-state index is 0.596. The normalized spacial score (nSPS) is 23.9. The van der Waals surface area contributed by atoms with E-state index in [1.165, 1.54) is 59.6 Å². The molecule has 0 spiro atoms. The maximum Gasteiger partial charge on any atom is 0.0364 e. The molecule has 0 aromatic heterocycles. The first kappa shape index (κ1) is 14.9. The van der Waals surface area contributed by atoms with Gasteiger partial charge >= 0.3 is 0 Å². The van der Waals surface area contributed by atoms with Gasteiger partial charge in [-0.3, -0.25) is 4.90 Å². The monoisotopic (exact) mass is 354 g/mol. The van der Waals surface area contributed by atoms with E-state index < -0.39 is 0 Å². The van der Waals surface area contributed by atoms with Gasteiger partial charge in [-0.25, -0.2) is 0 Å². The van der Waals surface area contributed by atoms with Crippen LogP contribution in [0, 0.1) is 5.92 Å². The zero-order chi connectivity index (χ0) is 13.9. The quantitative estimate of drug-likeness (QED) is 0.885. The molecule has 20 heavy (non-hydrogen) atoms. The molecule has 0 saturated carbocycles. The molecule has 110 valence electrons. The molecule has 0 bridgehead atoms. The van der Waals surface area contributed by atoms with Gasteiger partial charge in [-0.2, -0.15) is 0 Å². The molecule has 2 aliphatic heterocycles. The van der Waals surface area contributed by atoms with E-state index >= 15 is 0 Å². The molecule has 1 atom stereocenters. The number of thioether (sulfide) groups is 1. The fourth-order valence-electron chi connectivity index (χ4n) is 3.40. The Kier molecular flexibility index (Phi) is 5.08. The zero-order valence-corrected chi connectivity index (χ0v) is 14.5. The molecule has 1 unspecified atom stereocenters. The first-order valence-corrected chi connectivity index (χ1v) is 9.35. The van der Waals surface area contributed by atoms with Gasteiger partial charge in [0.15, 0.2) is 0 Å². The van der Waals surface area contributed by atoms with Crippen molar-refractivity contribution in [2.75, 3.05) is 32.4 Å². The SMILES string of the molecule is CN(CC1CCNCC1)C1CCSc2ccc(Br)cc21. The molecule has 3 rings (SSSR count). The molecule has 2 nitrogen and oxygen atoms in total. The molecule has 0 radical (unpaired) electrons. The van der Waals surface area contributed by atoms with E-state index in [9.17, 15) is 0 Å². The minimum Gasteiger partial charge on any atom is -0.317 e. The number of benzene rings is 1. The topological polar surface area (TPSA) is 15.3 Å². The summed E-state index contributed by atoms with van der Waals surface area (Å²) in [5.74, 6) is 2.11. The molecule has 1 aromatic rings. The smallest absolute Gasteiger partial charge is 0.0364 e. The third-order valence-corrected chi connectivity index (χ3v) is 6.13. The number of rotatable bonds is 3. The molecular weight excluding hydrogens is 332 g/mol. The van der Waals surface area contributed by atoms with E-state index in [-0.39, 0.29) is 0 Å². The van der Waals surface area contributed by atoms with Crippen molar-refractivity contribution in [2.45, 2.75) is 30.2 Å². The first-order valence-electron chi connectivity index (χ1n) is 7.57. The third kappa shape index (κ3) is 3.41. The van der Waals surface area contributed by atoms with Crippen LogP contribution in [0.15, 0.2) is 27.6 Å². The molecule has 1 fully saturated rings. The Morgan fingerprint density at radius 2 is 2.10 bits per heavy atom. The van der Waals surface area contributed by atoms with Crippen molar-refractivity contribution in [1.29, 1.82) is 0 Å². The number of nitrogens with zero attached hydrogens (tertiary/aromatic N) is 1. The van der Waals surface area contributed by atoms with Crippen molar-refractivity contribution in [1.82, 2.24) is 10.2 Å². The van der Waals surface area contributed by atoms with Gasteiger partial charge < -0.3 is 5.32 Å². The molecule has 1 N–H and O–H groups in total. The number of piperidine rings is 1. The van der Waals surface area contributed by atoms with Gasteiger partial charge in [0, 0.05) is 22.0 Å². The highest BCUT2D eigenvalue weighted by Crippen LogP contribution is 2.40. The lowest BCUT2D eigenvalue weighted by molar-refractivity contribution is 0.180. The lowest BCUT2D eigenvalue weighted by Crippen LogP contribution is -2.37. The fraction of sp³-hybridized carbons (Fsp3) is 0.625. The summed E-state index contributed by atoms with van der Waals surface area (Å²) in [5.41, 5.74) is 1.52. The second-order valence-electron chi connectivity index (χ2n) is 5.97. The Bertz CT molecular complexity index is 460. The molecule has 4 heteroatoms. The maximum atomic E-state index is 3.63. The van der Waals surface area contributed by atoms with Crippen LogP contribution in [-0.2, 0) is 0 Å². The molecule has 0 amide bonds. The van der Waals surface area contributed by atoms with E-state index in [2.05, 4.69) is 51.4 Å². The van der Waals surface area contributed by atoms with Gasteiger partial charge in [-0.1, -0.05) is 15.9 Å². The fourth-order valence-corrected chi connectivity index (χ4v) is 4.87. The van der Waals surface area contributed by atoms with Crippen LogP contribution >= 0.6 is 27.7 Å². The van der Waals surface area contributed by atoms with Gasteiger partial charge in [-0.05, 0) is 74.8 Å². The van der Waals surface area contributed by atoms with Crippen molar-refractivity contribution < 1.29 is 0 Å². The lowest BCUT2D eigenvalue weighted by atomic mass is 9.95. The van der Waals surface area contributed by atoms with E-state index in [0.29, 0.717) is 6.04 Å². The van der Waals surface area contributed by atoms with Gasteiger partial charge in [-0.15, -0.1) is 11.8 Å². The minimum absolute atomic E-state index is 0.596. The van der Waals surface area contributed by atoms with E-state index in [0.717, 1.165) is 5.92 Å². The molecule has 1 aromatic carbocycles. The number of fused-ring (bicyclic) bond motifs is 1. The molecular formula is C16H23BrN2S. The second kappa shape index (κ2) is 6.82. The Morgan fingerprint density at radius 3 is 2.90 bits per heavy atom. The summed E-state index contributed by atoms with van der Waals surface area (Å²) >= 11 is 5.64. The first-order chi connectivity index (χ1) is 9.74. The summed E-state index contributed by atoms with van der Waals surface area (Å²) in [4.78, 5) is 4.07. The lowest BCUT2D eigenvalue weighted by Gasteiger charge is -2.36.